The molecular weight excluding hydrogens is 288 g/mol. The molecule has 0 radical (unpaired) electrons. The van der Waals surface area contributed by atoms with Crippen LogP contribution in [-0.2, 0) is 16.6 Å². The third kappa shape index (κ3) is 3.59. The van der Waals surface area contributed by atoms with Crippen molar-refractivity contribution in [1.82, 2.24) is 9.71 Å². The first-order chi connectivity index (χ1) is 9.94. The van der Waals surface area contributed by atoms with Crippen molar-refractivity contribution in [3.63, 3.8) is 0 Å². The molecule has 0 saturated heterocycles. The van der Waals surface area contributed by atoms with Gasteiger partial charge < -0.3 is 4.74 Å². The van der Waals surface area contributed by atoms with Gasteiger partial charge in [0.2, 0.25) is 10.0 Å². The summed E-state index contributed by atoms with van der Waals surface area (Å²) >= 11 is 0. The number of ether oxygens (including phenoxy) is 1. The molecule has 0 aliphatic carbocycles. The van der Waals surface area contributed by atoms with Crippen LogP contribution in [0.1, 0.15) is 16.7 Å². The van der Waals surface area contributed by atoms with E-state index < -0.39 is 10.0 Å². The lowest BCUT2D eigenvalue weighted by Crippen LogP contribution is -2.24. The van der Waals surface area contributed by atoms with E-state index in [1.807, 2.05) is 19.1 Å². The molecule has 2 rings (SSSR count). The molecule has 5 nitrogen and oxygen atoms in total. The maximum Gasteiger partial charge on any atom is 0.244 e. The number of sulfonamides is 1. The van der Waals surface area contributed by atoms with Crippen molar-refractivity contribution in [2.45, 2.75) is 25.3 Å². The molecule has 0 bridgehead atoms. The SMILES string of the molecule is COc1cc(C)cc(C)c1S(=O)(=O)NCc1cccnc1. The van der Waals surface area contributed by atoms with Crippen molar-refractivity contribution in [1.29, 1.82) is 0 Å². The number of rotatable bonds is 5. The molecule has 1 heterocycles. The Morgan fingerprint density at radius 1 is 1.29 bits per heavy atom. The summed E-state index contributed by atoms with van der Waals surface area (Å²) in [5, 5.41) is 0. The summed E-state index contributed by atoms with van der Waals surface area (Å²) in [6.07, 6.45) is 3.27. The summed E-state index contributed by atoms with van der Waals surface area (Å²) in [5.74, 6) is 0.353. The monoisotopic (exact) mass is 306 g/mol. The van der Waals surface area contributed by atoms with E-state index in [9.17, 15) is 8.42 Å². The molecule has 112 valence electrons. The van der Waals surface area contributed by atoms with Crippen molar-refractivity contribution >= 4 is 10.0 Å². The van der Waals surface area contributed by atoms with Crippen molar-refractivity contribution in [3.05, 3.63) is 53.3 Å². The number of benzene rings is 1. The third-order valence-electron chi connectivity index (χ3n) is 3.06. The van der Waals surface area contributed by atoms with Crippen LogP contribution in [0.5, 0.6) is 5.75 Å². The minimum atomic E-state index is -3.65. The Labute approximate surface area is 125 Å². The highest BCUT2D eigenvalue weighted by molar-refractivity contribution is 7.89. The smallest absolute Gasteiger partial charge is 0.244 e. The molecule has 0 aliphatic heterocycles. The van der Waals surface area contributed by atoms with E-state index in [0.29, 0.717) is 11.3 Å². The number of aryl methyl sites for hydroxylation is 2. The fourth-order valence-corrected chi connectivity index (χ4v) is 3.56. The quantitative estimate of drug-likeness (QED) is 0.919. The van der Waals surface area contributed by atoms with Crippen molar-refractivity contribution in [2.75, 3.05) is 7.11 Å². The number of pyridine rings is 1. The average Bonchev–Trinajstić information content (AvgIpc) is 2.45. The predicted octanol–water partition coefficient (Wildman–Crippen LogP) is 2.19. The van der Waals surface area contributed by atoms with Crippen LogP contribution in [0.3, 0.4) is 0 Å². The number of nitrogens with one attached hydrogen (secondary N) is 1. The molecule has 0 atom stereocenters. The Morgan fingerprint density at radius 3 is 2.67 bits per heavy atom. The second-order valence-corrected chi connectivity index (χ2v) is 6.50. The topological polar surface area (TPSA) is 68.3 Å². The van der Waals surface area contributed by atoms with Gasteiger partial charge in [0.15, 0.2) is 0 Å². The second-order valence-electron chi connectivity index (χ2n) is 4.80. The number of nitrogens with zero attached hydrogens (tertiary/aromatic N) is 1. The standard InChI is InChI=1S/C15H18N2O3S/c1-11-7-12(2)15(14(8-11)20-3)21(18,19)17-10-13-5-4-6-16-9-13/h4-9,17H,10H2,1-3H3. The summed E-state index contributed by atoms with van der Waals surface area (Å²) in [5.41, 5.74) is 2.41. The van der Waals surface area contributed by atoms with Crippen molar-refractivity contribution < 1.29 is 13.2 Å². The molecule has 0 saturated carbocycles. The maximum atomic E-state index is 12.5. The molecule has 0 aliphatic rings. The van der Waals surface area contributed by atoms with Gasteiger partial charge in [-0.05, 0) is 42.7 Å². The summed E-state index contributed by atoms with van der Waals surface area (Å²) in [4.78, 5) is 4.14. The number of hydrogen-bond acceptors (Lipinski definition) is 4. The largest absolute Gasteiger partial charge is 0.495 e. The average molecular weight is 306 g/mol. The van der Waals surface area contributed by atoms with Crippen LogP contribution in [0.25, 0.3) is 0 Å². The van der Waals surface area contributed by atoms with E-state index in [0.717, 1.165) is 11.1 Å². The fraction of sp³-hybridized carbons (Fsp3) is 0.267. The first-order valence-electron chi connectivity index (χ1n) is 6.48. The molecule has 1 aromatic heterocycles. The Hall–Kier alpha value is -1.92. The van der Waals surface area contributed by atoms with Gasteiger partial charge in [-0.3, -0.25) is 4.98 Å². The summed E-state index contributed by atoms with van der Waals surface area (Å²) in [6, 6.07) is 7.11. The molecule has 2 aromatic rings. The Bertz CT molecular complexity index is 728. The molecule has 1 aromatic carbocycles. The van der Waals surface area contributed by atoms with Gasteiger partial charge in [-0.1, -0.05) is 12.1 Å². The van der Waals surface area contributed by atoms with Gasteiger partial charge in [0.05, 0.1) is 7.11 Å². The van der Waals surface area contributed by atoms with Gasteiger partial charge >= 0.3 is 0 Å². The summed E-state index contributed by atoms with van der Waals surface area (Å²) in [6.45, 7) is 3.84. The van der Waals surface area contributed by atoms with Crippen molar-refractivity contribution in [2.24, 2.45) is 0 Å². The van der Waals surface area contributed by atoms with Gasteiger partial charge in [0, 0.05) is 18.9 Å². The van der Waals surface area contributed by atoms with Crippen LogP contribution >= 0.6 is 0 Å². The van der Waals surface area contributed by atoms with Crippen LogP contribution in [0.15, 0.2) is 41.6 Å². The fourth-order valence-electron chi connectivity index (χ4n) is 2.16. The highest BCUT2D eigenvalue weighted by Gasteiger charge is 2.22. The zero-order valence-corrected chi connectivity index (χ0v) is 13.1. The lowest BCUT2D eigenvalue weighted by molar-refractivity contribution is 0.401. The van der Waals surface area contributed by atoms with Crippen molar-refractivity contribution in [3.8, 4) is 5.75 Å². The van der Waals surface area contributed by atoms with Crippen LogP contribution < -0.4 is 9.46 Å². The van der Waals surface area contributed by atoms with Crippen LogP contribution in [-0.4, -0.2) is 20.5 Å². The van der Waals surface area contributed by atoms with E-state index in [2.05, 4.69) is 9.71 Å². The van der Waals surface area contributed by atoms with E-state index in [1.54, 1.807) is 31.5 Å². The number of methoxy groups -OCH3 is 1. The molecular formula is C15H18N2O3S. The molecule has 6 heteroatoms. The van der Waals surface area contributed by atoms with Crippen LogP contribution in [0.4, 0.5) is 0 Å². The van der Waals surface area contributed by atoms with Gasteiger partial charge in [-0.25, -0.2) is 13.1 Å². The lowest BCUT2D eigenvalue weighted by Gasteiger charge is -2.14. The van der Waals surface area contributed by atoms with Gasteiger partial charge in [-0.15, -0.1) is 0 Å². The predicted molar refractivity (Wildman–Crippen MR) is 80.7 cm³/mol. The zero-order valence-electron chi connectivity index (χ0n) is 12.3. The lowest BCUT2D eigenvalue weighted by atomic mass is 10.1. The minimum Gasteiger partial charge on any atom is -0.495 e. The normalized spacial score (nSPS) is 11.4. The zero-order chi connectivity index (χ0) is 15.5. The first-order valence-corrected chi connectivity index (χ1v) is 7.96. The minimum absolute atomic E-state index is 0.180. The summed E-state index contributed by atoms with van der Waals surface area (Å²) < 4.78 is 32.8. The number of aromatic nitrogens is 1. The second kappa shape index (κ2) is 6.24. The molecule has 0 unspecified atom stereocenters. The Kier molecular flexibility index (Phi) is 4.59. The molecule has 0 amide bonds. The third-order valence-corrected chi connectivity index (χ3v) is 4.65. The van der Waals surface area contributed by atoms with E-state index in [-0.39, 0.29) is 11.4 Å². The van der Waals surface area contributed by atoms with E-state index in [1.165, 1.54) is 7.11 Å². The molecule has 0 spiro atoms. The van der Waals surface area contributed by atoms with Crippen LogP contribution in [0, 0.1) is 13.8 Å². The molecule has 1 N–H and O–H groups in total. The van der Waals surface area contributed by atoms with Gasteiger partial charge in [0.25, 0.3) is 0 Å². The Morgan fingerprint density at radius 2 is 2.05 bits per heavy atom. The van der Waals surface area contributed by atoms with Gasteiger partial charge in [0.1, 0.15) is 10.6 Å². The van der Waals surface area contributed by atoms with Crippen LogP contribution in [0.2, 0.25) is 0 Å². The highest BCUT2D eigenvalue weighted by atomic mass is 32.2. The Balaban J connectivity index is 2.32. The van der Waals surface area contributed by atoms with E-state index in [4.69, 9.17) is 4.74 Å². The first kappa shape index (κ1) is 15.5. The molecule has 0 fully saturated rings. The van der Waals surface area contributed by atoms with Gasteiger partial charge in [-0.2, -0.15) is 0 Å². The maximum absolute atomic E-state index is 12.5. The molecule has 21 heavy (non-hydrogen) atoms. The highest BCUT2D eigenvalue weighted by Crippen LogP contribution is 2.28. The number of hydrogen-bond donors (Lipinski definition) is 1. The summed E-state index contributed by atoms with van der Waals surface area (Å²) in [7, 11) is -2.18. The van der Waals surface area contributed by atoms with E-state index >= 15 is 0 Å².